The van der Waals surface area contributed by atoms with Gasteiger partial charge in [-0.2, -0.15) is 0 Å². The molecule has 0 saturated carbocycles. The lowest BCUT2D eigenvalue weighted by Crippen LogP contribution is -2.02. The zero-order valence-corrected chi connectivity index (χ0v) is 12.1. The minimum atomic E-state index is -0.832. The van der Waals surface area contributed by atoms with Crippen molar-refractivity contribution in [3.8, 4) is 0 Å². The number of hydrogen-bond acceptors (Lipinski definition) is 2. The third-order valence-corrected chi connectivity index (χ3v) is 3.35. The van der Waals surface area contributed by atoms with Crippen LogP contribution in [0, 0.1) is 0 Å². The number of halogens is 2. The predicted molar refractivity (Wildman–Crippen MR) is 81.6 cm³/mol. The largest absolute Gasteiger partial charge is 0.481 e. The van der Waals surface area contributed by atoms with Crippen molar-refractivity contribution in [1.82, 2.24) is 0 Å². The Bertz CT molecular complexity index is 612. The number of hydrogen-bond donors (Lipinski definition) is 2. The number of carboxylic acid groups (broad SMARTS) is 1. The SMILES string of the molecule is O=C(O)Cc1ccc(CNc2cc(Cl)ccc2Cl)cc1. The van der Waals surface area contributed by atoms with Crippen LogP contribution in [0.1, 0.15) is 11.1 Å². The Balaban J connectivity index is 2.00. The van der Waals surface area contributed by atoms with Gasteiger partial charge in [0.25, 0.3) is 0 Å². The number of aliphatic carboxylic acids is 1. The van der Waals surface area contributed by atoms with Crippen LogP contribution >= 0.6 is 23.2 Å². The van der Waals surface area contributed by atoms with Gasteiger partial charge >= 0.3 is 5.97 Å². The van der Waals surface area contributed by atoms with E-state index in [1.54, 1.807) is 18.2 Å². The fraction of sp³-hybridized carbons (Fsp3) is 0.133. The molecule has 0 aliphatic carbocycles. The number of rotatable bonds is 5. The van der Waals surface area contributed by atoms with Crippen LogP contribution in [-0.4, -0.2) is 11.1 Å². The maximum absolute atomic E-state index is 10.6. The van der Waals surface area contributed by atoms with Crippen molar-refractivity contribution in [2.24, 2.45) is 0 Å². The molecule has 0 amide bonds. The van der Waals surface area contributed by atoms with Crippen molar-refractivity contribution in [2.75, 3.05) is 5.32 Å². The fourth-order valence-electron chi connectivity index (χ4n) is 1.78. The van der Waals surface area contributed by atoms with Gasteiger partial charge in [0, 0.05) is 11.6 Å². The first-order valence-corrected chi connectivity index (χ1v) is 6.79. The van der Waals surface area contributed by atoms with Crippen LogP contribution in [0.4, 0.5) is 5.69 Å². The molecule has 0 unspecified atom stereocenters. The van der Waals surface area contributed by atoms with Crippen LogP contribution < -0.4 is 5.32 Å². The van der Waals surface area contributed by atoms with Crippen molar-refractivity contribution in [3.05, 3.63) is 63.6 Å². The third kappa shape index (κ3) is 4.15. The average Bonchev–Trinajstić information content (AvgIpc) is 2.41. The van der Waals surface area contributed by atoms with Gasteiger partial charge in [-0.25, -0.2) is 0 Å². The Morgan fingerprint density at radius 1 is 1.05 bits per heavy atom. The molecule has 0 spiro atoms. The first-order valence-electron chi connectivity index (χ1n) is 6.03. The number of benzene rings is 2. The Kier molecular flexibility index (Phi) is 4.88. The van der Waals surface area contributed by atoms with Crippen molar-refractivity contribution in [3.63, 3.8) is 0 Å². The van der Waals surface area contributed by atoms with Crippen molar-refractivity contribution in [2.45, 2.75) is 13.0 Å². The quantitative estimate of drug-likeness (QED) is 0.869. The molecule has 0 radical (unpaired) electrons. The van der Waals surface area contributed by atoms with Gasteiger partial charge in [-0.15, -0.1) is 0 Å². The molecule has 2 aromatic rings. The first-order chi connectivity index (χ1) is 9.54. The summed E-state index contributed by atoms with van der Waals surface area (Å²) < 4.78 is 0. The second-order valence-electron chi connectivity index (χ2n) is 4.36. The summed E-state index contributed by atoms with van der Waals surface area (Å²) in [7, 11) is 0. The molecule has 0 atom stereocenters. The summed E-state index contributed by atoms with van der Waals surface area (Å²) in [5.74, 6) is -0.832. The summed E-state index contributed by atoms with van der Waals surface area (Å²) in [6.45, 7) is 0.591. The van der Waals surface area contributed by atoms with E-state index in [9.17, 15) is 4.79 Å². The molecule has 0 heterocycles. The minimum Gasteiger partial charge on any atom is -0.481 e. The Hall–Kier alpha value is -1.71. The van der Waals surface area contributed by atoms with Crippen LogP contribution in [0.5, 0.6) is 0 Å². The fourth-order valence-corrected chi connectivity index (χ4v) is 2.14. The Labute approximate surface area is 127 Å². The molecular formula is C15H13Cl2NO2. The summed E-state index contributed by atoms with van der Waals surface area (Å²) >= 11 is 12.0. The van der Waals surface area contributed by atoms with Gasteiger partial charge in [-0.3, -0.25) is 4.79 Å². The maximum Gasteiger partial charge on any atom is 0.307 e. The Morgan fingerprint density at radius 3 is 2.35 bits per heavy atom. The van der Waals surface area contributed by atoms with E-state index < -0.39 is 5.97 Å². The second kappa shape index (κ2) is 6.64. The first kappa shape index (κ1) is 14.7. The normalized spacial score (nSPS) is 10.3. The number of carbonyl (C=O) groups is 1. The van der Waals surface area contributed by atoms with E-state index in [-0.39, 0.29) is 6.42 Å². The lowest BCUT2D eigenvalue weighted by atomic mass is 10.1. The molecule has 0 saturated heterocycles. The van der Waals surface area contributed by atoms with Gasteiger partial charge in [0.2, 0.25) is 0 Å². The van der Waals surface area contributed by atoms with E-state index in [2.05, 4.69) is 5.32 Å². The standard InChI is InChI=1S/C15H13Cl2NO2/c16-12-5-6-13(17)14(8-12)18-9-11-3-1-10(2-4-11)7-15(19)20/h1-6,8,18H,7,9H2,(H,19,20). The minimum absolute atomic E-state index is 0.0355. The number of nitrogens with one attached hydrogen (secondary N) is 1. The summed E-state index contributed by atoms with van der Waals surface area (Å²) in [5.41, 5.74) is 2.59. The molecule has 0 fully saturated rings. The van der Waals surface area contributed by atoms with Gasteiger partial charge in [0.05, 0.1) is 17.1 Å². The highest BCUT2D eigenvalue weighted by Gasteiger charge is 2.03. The summed E-state index contributed by atoms with van der Waals surface area (Å²) in [4.78, 5) is 10.6. The van der Waals surface area contributed by atoms with Gasteiger partial charge in [-0.1, -0.05) is 47.5 Å². The van der Waals surface area contributed by atoms with Crippen LogP contribution in [0.25, 0.3) is 0 Å². The Morgan fingerprint density at radius 2 is 1.70 bits per heavy atom. The molecule has 2 rings (SSSR count). The lowest BCUT2D eigenvalue weighted by molar-refractivity contribution is -0.136. The predicted octanol–water partition coefficient (Wildman–Crippen LogP) is 4.23. The molecule has 104 valence electrons. The van der Waals surface area contributed by atoms with Crippen LogP contribution in [0.2, 0.25) is 10.0 Å². The average molecular weight is 310 g/mol. The van der Waals surface area contributed by atoms with Gasteiger partial charge in [0.1, 0.15) is 0 Å². The molecule has 5 heteroatoms. The third-order valence-electron chi connectivity index (χ3n) is 2.79. The van der Waals surface area contributed by atoms with Crippen molar-refractivity contribution < 1.29 is 9.90 Å². The zero-order valence-electron chi connectivity index (χ0n) is 10.6. The molecule has 0 bridgehead atoms. The van der Waals surface area contributed by atoms with E-state index in [0.29, 0.717) is 16.6 Å². The summed E-state index contributed by atoms with van der Waals surface area (Å²) in [6.07, 6.45) is 0.0355. The highest BCUT2D eigenvalue weighted by molar-refractivity contribution is 6.35. The van der Waals surface area contributed by atoms with Crippen LogP contribution in [0.15, 0.2) is 42.5 Å². The number of anilines is 1. The van der Waals surface area contributed by atoms with E-state index in [0.717, 1.165) is 16.8 Å². The molecule has 0 aromatic heterocycles. The molecule has 20 heavy (non-hydrogen) atoms. The van der Waals surface area contributed by atoms with Crippen molar-refractivity contribution >= 4 is 34.9 Å². The maximum atomic E-state index is 10.6. The van der Waals surface area contributed by atoms with Crippen molar-refractivity contribution in [1.29, 1.82) is 0 Å². The monoisotopic (exact) mass is 309 g/mol. The highest BCUT2D eigenvalue weighted by atomic mass is 35.5. The topological polar surface area (TPSA) is 49.3 Å². The zero-order chi connectivity index (χ0) is 14.5. The summed E-state index contributed by atoms with van der Waals surface area (Å²) in [6, 6.07) is 12.6. The molecule has 0 aliphatic rings. The molecule has 2 aromatic carbocycles. The van der Waals surface area contributed by atoms with Gasteiger partial charge in [-0.05, 0) is 29.3 Å². The highest BCUT2D eigenvalue weighted by Crippen LogP contribution is 2.25. The smallest absolute Gasteiger partial charge is 0.307 e. The summed E-state index contributed by atoms with van der Waals surface area (Å²) in [5, 5.41) is 13.1. The second-order valence-corrected chi connectivity index (χ2v) is 5.21. The van der Waals surface area contributed by atoms with E-state index in [1.165, 1.54) is 0 Å². The van der Waals surface area contributed by atoms with E-state index in [4.69, 9.17) is 28.3 Å². The van der Waals surface area contributed by atoms with E-state index in [1.807, 2.05) is 24.3 Å². The molecule has 3 nitrogen and oxygen atoms in total. The molecule has 0 aliphatic heterocycles. The van der Waals surface area contributed by atoms with Gasteiger partial charge in [0.15, 0.2) is 0 Å². The van der Waals surface area contributed by atoms with Crippen LogP contribution in [0.3, 0.4) is 0 Å². The molecule has 2 N–H and O–H groups in total. The molecular weight excluding hydrogens is 297 g/mol. The lowest BCUT2D eigenvalue weighted by Gasteiger charge is -2.09. The van der Waals surface area contributed by atoms with Gasteiger partial charge < -0.3 is 10.4 Å². The van der Waals surface area contributed by atoms with E-state index >= 15 is 0 Å². The number of carboxylic acids is 1. The van der Waals surface area contributed by atoms with Crippen LogP contribution in [-0.2, 0) is 17.8 Å².